The molecule has 1 aromatic carbocycles. The van der Waals surface area contributed by atoms with Crippen LogP contribution in [0.2, 0.25) is 0 Å². The molecule has 0 fully saturated rings. The Morgan fingerprint density at radius 2 is 2.35 bits per heavy atom. The predicted molar refractivity (Wildman–Crippen MR) is 87.2 cm³/mol. The van der Waals surface area contributed by atoms with Crippen LogP contribution in [0.1, 0.15) is 19.8 Å². The minimum Gasteiger partial charge on any atom is -0.496 e. The van der Waals surface area contributed by atoms with E-state index in [0.29, 0.717) is 23.2 Å². The van der Waals surface area contributed by atoms with Crippen LogP contribution >= 0.6 is 0 Å². The maximum absolute atomic E-state index is 8.82. The van der Waals surface area contributed by atoms with Gasteiger partial charge in [0.05, 0.1) is 24.6 Å². The molecule has 0 aliphatic carbocycles. The quantitative estimate of drug-likeness (QED) is 0.280. The smallest absolute Gasteiger partial charge is 0.209 e. The van der Waals surface area contributed by atoms with E-state index in [4.69, 9.17) is 14.4 Å². The summed E-state index contributed by atoms with van der Waals surface area (Å²) >= 11 is 0. The largest absolute Gasteiger partial charge is 0.496 e. The van der Waals surface area contributed by atoms with Gasteiger partial charge in [0.15, 0.2) is 18.3 Å². The summed E-state index contributed by atoms with van der Waals surface area (Å²) in [5, 5.41) is 14.5. The summed E-state index contributed by atoms with van der Waals surface area (Å²) in [7, 11) is 1.58. The fourth-order valence-corrected chi connectivity index (χ4v) is 1.98. The number of ether oxygens (including phenoxy) is 1. The number of methoxy groups -OCH3 is 1. The van der Waals surface area contributed by atoms with Gasteiger partial charge in [-0.25, -0.2) is 9.98 Å². The second-order valence-electron chi connectivity index (χ2n) is 4.73. The number of hydrogen-bond acceptors (Lipinski definition) is 5. The first-order valence-electron chi connectivity index (χ1n) is 7.33. The Kier molecular flexibility index (Phi) is 6.00. The van der Waals surface area contributed by atoms with Gasteiger partial charge in [0.1, 0.15) is 5.75 Å². The standard InChI is InChI=1S/C16H19N5O2/c1-3-4-7-19-16(20-10-17)21-12-5-6-13(14(8-12)22-2)15-9-18-11-23-15/h5-6,8-9,11H,3-4,7H2,1-2H3,(H2,19,20,21). The van der Waals surface area contributed by atoms with Gasteiger partial charge in [-0.2, -0.15) is 5.26 Å². The molecular weight excluding hydrogens is 294 g/mol. The van der Waals surface area contributed by atoms with Crippen LogP contribution in [-0.2, 0) is 0 Å². The molecule has 7 nitrogen and oxygen atoms in total. The number of oxazole rings is 1. The molecule has 1 heterocycles. The van der Waals surface area contributed by atoms with Crippen LogP contribution < -0.4 is 15.4 Å². The van der Waals surface area contributed by atoms with E-state index < -0.39 is 0 Å². The number of rotatable bonds is 6. The Labute approximate surface area is 135 Å². The lowest BCUT2D eigenvalue weighted by Gasteiger charge is -2.09. The highest BCUT2D eigenvalue weighted by atomic mass is 16.5. The summed E-state index contributed by atoms with van der Waals surface area (Å²) in [5.41, 5.74) is 1.45. The summed E-state index contributed by atoms with van der Waals surface area (Å²) < 4.78 is 10.7. The second kappa shape index (κ2) is 8.44. The lowest BCUT2D eigenvalue weighted by molar-refractivity contribution is 0.415. The van der Waals surface area contributed by atoms with E-state index >= 15 is 0 Å². The van der Waals surface area contributed by atoms with Crippen LogP contribution in [0, 0.1) is 11.5 Å². The van der Waals surface area contributed by atoms with Crippen molar-refractivity contribution < 1.29 is 9.15 Å². The van der Waals surface area contributed by atoms with Crippen LogP contribution in [0.4, 0.5) is 5.69 Å². The van der Waals surface area contributed by atoms with Crippen molar-refractivity contribution in [3.8, 4) is 23.3 Å². The number of guanidine groups is 1. The molecule has 0 aliphatic heterocycles. The molecule has 0 spiro atoms. The van der Waals surface area contributed by atoms with Gasteiger partial charge in [-0.15, -0.1) is 0 Å². The zero-order valence-electron chi connectivity index (χ0n) is 13.2. The van der Waals surface area contributed by atoms with Crippen molar-refractivity contribution in [3.05, 3.63) is 30.8 Å². The number of nitrogens with zero attached hydrogens (tertiary/aromatic N) is 3. The molecule has 0 amide bonds. The summed E-state index contributed by atoms with van der Waals surface area (Å²) in [6, 6.07) is 5.44. The first-order chi connectivity index (χ1) is 11.3. The average Bonchev–Trinajstić information content (AvgIpc) is 3.09. The number of unbranched alkanes of at least 4 members (excludes halogenated alkanes) is 1. The molecule has 1 aromatic heterocycles. The molecule has 2 aromatic rings. The summed E-state index contributed by atoms with van der Waals surface area (Å²) in [5.74, 6) is 1.65. The van der Waals surface area contributed by atoms with Gasteiger partial charge in [-0.3, -0.25) is 5.32 Å². The minimum atomic E-state index is 0.412. The maximum Gasteiger partial charge on any atom is 0.209 e. The topological polar surface area (TPSA) is 95.5 Å². The van der Waals surface area contributed by atoms with E-state index in [-0.39, 0.29) is 0 Å². The Bertz CT molecular complexity index is 689. The van der Waals surface area contributed by atoms with Gasteiger partial charge in [0.2, 0.25) is 5.96 Å². The fourth-order valence-electron chi connectivity index (χ4n) is 1.98. The molecule has 120 valence electrons. The molecular formula is C16H19N5O2. The number of nitriles is 1. The van der Waals surface area contributed by atoms with Gasteiger partial charge in [-0.05, 0) is 18.6 Å². The summed E-state index contributed by atoms with van der Waals surface area (Å²) in [6.07, 6.45) is 6.93. The second-order valence-corrected chi connectivity index (χ2v) is 4.73. The molecule has 0 atom stereocenters. The van der Waals surface area contributed by atoms with Crippen molar-refractivity contribution in [2.75, 3.05) is 13.7 Å². The molecule has 0 aliphatic rings. The Morgan fingerprint density at radius 1 is 1.48 bits per heavy atom. The lowest BCUT2D eigenvalue weighted by atomic mass is 10.1. The highest BCUT2D eigenvalue weighted by molar-refractivity contribution is 5.84. The first kappa shape index (κ1) is 16.4. The molecule has 23 heavy (non-hydrogen) atoms. The number of hydrogen-bond donors (Lipinski definition) is 2. The van der Waals surface area contributed by atoms with E-state index in [1.54, 1.807) is 19.4 Å². The van der Waals surface area contributed by atoms with Crippen LogP contribution in [0.5, 0.6) is 5.75 Å². The fraction of sp³-hybridized carbons (Fsp3) is 0.312. The van der Waals surface area contributed by atoms with Gasteiger partial charge in [0, 0.05) is 12.6 Å². The SMILES string of the molecule is CCCCN/C(=N\c1ccc(-c2cnco2)c(OC)c1)NC#N. The number of aliphatic imine (C=N–C) groups is 1. The predicted octanol–water partition coefficient (Wildman–Crippen LogP) is 2.80. The Balaban J connectivity index is 2.24. The van der Waals surface area contributed by atoms with E-state index in [1.165, 1.54) is 6.39 Å². The maximum atomic E-state index is 8.82. The summed E-state index contributed by atoms with van der Waals surface area (Å²) in [6.45, 7) is 2.85. The molecule has 2 N–H and O–H groups in total. The monoisotopic (exact) mass is 313 g/mol. The van der Waals surface area contributed by atoms with Gasteiger partial charge in [0.25, 0.3) is 0 Å². The zero-order chi connectivity index (χ0) is 16.5. The van der Waals surface area contributed by atoms with Crippen LogP contribution in [0.15, 0.2) is 40.2 Å². The van der Waals surface area contributed by atoms with Gasteiger partial charge >= 0.3 is 0 Å². The Morgan fingerprint density at radius 3 is 3.00 bits per heavy atom. The normalized spacial score (nSPS) is 10.9. The third kappa shape index (κ3) is 4.48. The zero-order valence-corrected chi connectivity index (χ0v) is 13.2. The highest BCUT2D eigenvalue weighted by Gasteiger charge is 2.10. The summed E-state index contributed by atoms with van der Waals surface area (Å²) in [4.78, 5) is 8.30. The van der Waals surface area contributed by atoms with Crippen molar-refractivity contribution in [1.82, 2.24) is 15.6 Å². The number of benzene rings is 1. The van der Waals surface area contributed by atoms with Crippen LogP contribution in [0.3, 0.4) is 0 Å². The molecule has 0 bridgehead atoms. The highest BCUT2D eigenvalue weighted by Crippen LogP contribution is 2.33. The van der Waals surface area contributed by atoms with E-state index in [0.717, 1.165) is 24.9 Å². The van der Waals surface area contributed by atoms with Crippen molar-refractivity contribution in [2.45, 2.75) is 19.8 Å². The van der Waals surface area contributed by atoms with Crippen molar-refractivity contribution in [3.63, 3.8) is 0 Å². The van der Waals surface area contributed by atoms with Crippen molar-refractivity contribution >= 4 is 11.6 Å². The van der Waals surface area contributed by atoms with Crippen molar-refractivity contribution in [1.29, 1.82) is 5.26 Å². The molecule has 0 saturated carbocycles. The molecule has 0 saturated heterocycles. The van der Waals surface area contributed by atoms with E-state index in [2.05, 4.69) is 27.5 Å². The molecule has 0 unspecified atom stereocenters. The molecule has 7 heteroatoms. The first-order valence-corrected chi connectivity index (χ1v) is 7.33. The molecule has 0 radical (unpaired) electrons. The third-order valence-corrected chi connectivity index (χ3v) is 3.12. The van der Waals surface area contributed by atoms with Gasteiger partial charge in [-0.1, -0.05) is 13.3 Å². The molecule has 2 rings (SSSR count). The number of nitrogens with one attached hydrogen (secondary N) is 2. The Hall–Kier alpha value is -3.01. The van der Waals surface area contributed by atoms with Gasteiger partial charge < -0.3 is 14.5 Å². The lowest BCUT2D eigenvalue weighted by Crippen LogP contribution is -2.34. The minimum absolute atomic E-state index is 0.412. The van der Waals surface area contributed by atoms with Crippen LogP contribution in [0.25, 0.3) is 11.3 Å². The number of aromatic nitrogens is 1. The van der Waals surface area contributed by atoms with Crippen molar-refractivity contribution in [2.24, 2.45) is 4.99 Å². The van der Waals surface area contributed by atoms with Crippen LogP contribution in [-0.4, -0.2) is 24.6 Å². The van der Waals surface area contributed by atoms with E-state index in [1.807, 2.05) is 18.3 Å². The average molecular weight is 313 g/mol. The third-order valence-electron chi connectivity index (χ3n) is 3.12. The van der Waals surface area contributed by atoms with E-state index in [9.17, 15) is 0 Å².